The Morgan fingerprint density at radius 2 is 2.14 bits per heavy atom. The van der Waals surface area contributed by atoms with E-state index >= 15 is 0 Å². The van der Waals surface area contributed by atoms with Crippen molar-refractivity contribution in [2.75, 3.05) is 32.4 Å². The second-order valence-electron chi connectivity index (χ2n) is 6.14. The summed E-state index contributed by atoms with van der Waals surface area (Å²) in [7, 11) is 2.13. The van der Waals surface area contributed by atoms with Crippen LogP contribution in [0, 0.1) is 5.92 Å². The number of amides is 1. The molecule has 0 aromatic carbocycles. The number of aromatic nitrogens is 2. The smallest absolute Gasteiger partial charge is 0.272 e. The lowest BCUT2D eigenvalue weighted by molar-refractivity contribution is 0.0934. The molecule has 0 spiro atoms. The standard InChI is InChI=1S/C15H25N5O/c1-10(2)14-17-9-12(16)13(19-14)15(21)18-8-11-4-6-20(3)7-5-11/h9-11H,4-8,16H2,1-3H3,(H,18,21). The molecule has 6 heteroatoms. The molecule has 116 valence electrons. The van der Waals surface area contributed by atoms with E-state index < -0.39 is 0 Å². The van der Waals surface area contributed by atoms with Gasteiger partial charge in [0.25, 0.3) is 5.91 Å². The Balaban J connectivity index is 1.95. The Kier molecular flexibility index (Phi) is 5.12. The van der Waals surface area contributed by atoms with Gasteiger partial charge in [0, 0.05) is 12.5 Å². The zero-order valence-electron chi connectivity index (χ0n) is 13.1. The van der Waals surface area contributed by atoms with E-state index in [-0.39, 0.29) is 11.8 Å². The number of hydrogen-bond donors (Lipinski definition) is 2. The number of carbonyl (C=O) groups excluding carboxylic acids is 1. The lowest BCUT2D eigenvalue weighted by Crippen LogP contribution is -2.37. The van der Waals surface area contributed by atoms with Crippen LogP contribution in [0.5, 0.6) is 0 Å². The van der Waals surface area contributed by atoms with E-state index in [1.54, 1.807) is 0 Å². The molecule has 1 aromatic rings. The fourth-order valence-corrected chi connectivity index (χ4v) is 2.45. The Bertz CT molecular complexity index is 495. The zero-order chi connectivity index (χ0) is 15.4. The van der Waals surface area contributed by atoms with Crippen molar-refractivity contribution >= 4 is 11.6 Å². The van der Waals surface area contributed by atoms with Crippen LogP contribution in [-0.2, 0) is 0 Å². The van der Waals surface area contributed by atoms with Gasteiger partial charge in [-0.05, 0) is 38.9 Å². The highest BCUT2D eigenvalue weighted by Gasteiger charge is 2.19. The normalized spacial score (nSPS) is 17.1. The molecule has 0 unspecified atom stereocenters. The summed E-state index contributed by atoms with van der Waals surface area (Å²) in [6, 6.07) is 0. The van der Waals surface area contributed by atoms with E-state index in [0.29, 0.717) is 29.7 Å². The number of hydrogen-bond acceptors (Lipinski definition) is 5. The van der Waals surface area contributed by atoms with Crippen molar-refractivity contribution in [1.29, 1.82) is 0 Å². The summed E-state index contributed by atoms with van der Waals surface area (Å²) < 4.78 is 0. The lowest BCUT2D eigenvalue weighted by atomic mass is 9.97. The van der Waals surface area contributed by atoms with Gasteiger partial charge in [-0.1, -0.05) is 13.8 Å². The van der Waals surface area contributed by atoms with Crippen molar-refractivity contribution in [3.8, 4) is 0 Å². The molecule has 1 fully saturated rings. The first-order chi connectivity index (χ1) is 9.97. The molecule has 0 saturated carbocycles. The molecular formula is C15H25N5O. The largest absolute Gasteiger partial charge is 0.396 e. The van der Waals surface area contributed by atoms with E-state index in [2.05, 4.69) is 27.2 Å². The van der Waals surface area contributed by atoms with Crippen molar-refractivity contribution in [2.24, 2.45) is 5.92 Å². The molecule has 2 heterocycles. The number of nitrogens with two attached hydrogens (primary N) is 1. The quantitative estimate of drug-likeness (QED) is 0.872. The highest BCUT2D eigenvalue weighted by atomic mass is 16.1. The maximum atomic E-state index is 12.3. The van der Waals surface area contributed by atoms with E-state index in [4.69, 9.17) is 5.73 Å². The average Bonchev–Trinajstić information content (AvgIpc) is 2.46. The summed E-state index contributed by atoms with van der Waals surface area (Å²) in [5.41, 5.74) is 6.45. The van der Waals surface area contributed by atoms with Gasteiger partial charge >= 0.3 is 0 Å². The average molecular weight is 291 g/mol. The van der Waals surface area contributed by atoms with Crippen LogP contribution in [0.3, 0.4) is 0 Å². The van der Waals surface area contributed by atoms with Crippen molar-refractivity contribution in [2.45, 2.75) is 32.6 Å². The fraction of sp³-hybridized carbons (Fsp3) is 0.667. The Morgan fingerprint density at radius 1 is 1.48 bits per heavy atom. The Labute approximate surface area is 126 Å². The molecule has 1 aliphatic heterocycles. The molecule has 6 nitrogen and oxygen atoms in total. The third-order valence-corrected chi connectivity index (χ3v) is 3.96. The first-order valence-electron chi connectivity index (χ1n) is 7.56. The molecule has 1 amide bonds. The summed E-state index contributed by atoms with van der Waals surface area (Å²) in [6.45, 7) is 6.85. The van der Waals surface area contributed by atoms with Crippen LogP contribution < -0.4 is 11.1 Å². The third kappa shape index (κ3) is 4.14. The summed E-state index contributed by atoms with van der Waals surface area (Å²) >= 11 is 0. The van der Waals surface area contributed by atoms with Crippen molar-refractivity contribution in [3.05, 3.63) is 17.7 Å². The molecule has 0 aliphatic carbocycles. The molecule has 21 heavy (non-hydrogen) atoms. The maximum absolute atomic E-state index is 12.3. The summed E-state index contributed by atoms with van der Waals surface area (Å²) in [5, 5.41) is 2.96. The van der Waals surface area contributed by atoms with Gasteiger partial charge in [0.15, 0.2) is 5.69 Å². The van der Waals surface area contributed by atoms with Gasteiger partial charge < -0.3 is 16.0 Å². The highest BCUT2D eigenvalue weighted by Crippen LogP contribution is 2.16. The Hall–Kier alpha value is -1.69. The lowest BCUT2D eigenvalue weighted by Gasteiger charge is -2.28. The number of nitrogens with zero attached hydrogens (tertiary/aromatic N) is 3. The van der Waals surface area contributed by atoms with Gasteiger partial charge in [-0.2, -0.15) is 0 Å². The van der Waals surface area contributed by atoms with Crippen molar-refractivity contribution < 1.29 is 4.79 Å². The molecule has 1 aromatic heterocycles. The molecule has 1 saturated heterocycles. The van der Waals surface area contributed by atoms with Gasteiger partial charge in [-0.3, -0.25) is 4.79 Å². The highest BCUT2D eigenvalue weighted by molar-refractivity contribution is 5.96. The molecule has 0 bridgehead atoms. The van der Waals surface area contributed by atoms with Crippen LogP contribution in [0.15, 0.2) is 6.20 Å². The fourth-order valence-electron chi connectivity index (χ4n) is 2.45. The van der Waals surface area contributed by atoms with E-state index in [1.165, 1.54) is 6.20 Å². The minimum atomic E-state index is -0.198. The van der Waals surface area contributed by atoms with Gasteiger partial charge in [0.1, 0.15) is 5.82 Å². The number of carbonyl (C=O) groups is 1. The molecule has 1 aliphatic rings. The minimum Gasteiger partial charge on any atom is -0.396 e. The second kappa shape index (κ2) is 6.85. The number of nitrogens with one attached hydrogen (secondary N) is 1. The number of likely N-dealkylation sites (tertiary alicyclic amines) is 1. The number of rotatable bonds is 4. The number of nitrogen functional groups attached to an aromatic ring is 1. The zero-order valence-corrected chi connectivity index (χ0v) is 13.1. The monoisotopic (exact) mass is 291 g/mol. The van der Waals surface area contributed by atoms with Crippen LogP contribution in [0.1, 0.15) is 48.9 Å². The topological polar surface area (TPSA) is 84.1 Å². The number of piperidine rings is 1. The van der Waals surface area contributed by atoms with Gasteiger partial charge in [-0.15, -0.1) is 0 Å². The minimum absolute atomic E-state index is 0.172. The molecule has 0 radical (unpaired) electrons. The summed E-state index contributed by atoms with van der Waals surface area (Å²) in [6.07, 6.45) is 3.76. The van der Waals surface area contributed by atoms with Crippen LogP contribution in [-0.4, -0.2) is 47.5 Å². The molecule has 3 N–H and O–H groups in total. The second-order valence-corrected chi connectivity index (χ2v) is 6.14. The molecule has 2 rings (SSSR count). The SMILES string of the molecule is CC(C)c1ncc(N)c(C(=O)NCC2CCN(C)CC2)n1. The maximum Gasteiger partial charge on any atom is 0.272 e. The molecule has 0 atom stereocenters. The first kappa shape index (κ1) is 15.7. The third-order valence-electron chi connectivity index (χ3n) is 3.96. The van der Waals surface area contributed by atoms with Crippen LogP contribution >= 0.6 is 0 Å². The first-order valence-corrected chi connectivity index (χ1v) is 7.56. The van der Waals surface area contributed by atoms with E-state index in [1.807, 2.05) is 13.8 Å². The predicted molar refractivity (Wildman–Crippen MR) is 83.1 cm³/mol. The van der Waals surface area contributed by atoms with Gasteiger partial charge in [0.2, 0.25) is 0 Å². The molecular weight excluding hydrogens is 266 g/mol. The van der Waals surface area contributed by atoms with Crippen LogP contribution in [0.25, 0.3) is 0 Å². The van der Waals surface area contributed by atoms with Crippen molar-refractivity contribution in [1.82, 2.24) is 20.2 Å². The van der Waals surface area contributed by atoms with Crippen LogP contribution in [0.2, 0.25) is 0 Å². The number of anilines is 1. The van der Waals surface area contributed by atoms with E-state index in [0.717, 1.165) is 25.9 Å². The van der Waals surface area contributed by atoms with E-state index in [9.17, 15) is 4.79 Å². The summed E-state index contributed by atoms with van der Waals surface area (Å²) in [5.74, 6) is 1.16. The summed E-state index contributed by atoms with van der Waals surface area (Å²) in [4.78, 5) is 23.0. The van der Waals surface area contributed by atoms with Gasteiger partial charge in [0.05, 0.1) is 11.9 Å². The Morgan fingerprint density at radius 3 is 2.76 bits per heavy atom. The van der Waals surface area contributed by atoms with Crippen molar-refractivity contribution in [3.63, 3.8) is 0 Å². The van der Waals surface area contributed by atoms with Crippen LogP contribution in [0.4, 0.5) is 5.69 Å². The predicted octanol–water partition coefficient (Wildman–Crippen LogP) is 1.25. The van der Waals surface area contributed by atoms with Gasteiger partial charge in [-0.25, -0.2) is 9.97 Å².